The van der Waals surface area contributed by atoms with E-state index in [9.17, 15) is 0 Å². The van der Waals surface area contributed by atoms with Gasteiger partial charge in [-0.2, -0.15) is 0 Å². The molecule has 0 saturated carbocycles. The summed E-state index contributed by atoms with van der Waals surface area (Å²) in [5.74, 6) is 0. The van der Waals surface area contributed by atoms with E-state index in [2.05, 4.69) is 75.0 Å². The second-order valence-electron chi connectivity index (χ2n) is 6.47. The van der Waals surface area contributed by atoms with Crippen molar-refractivity contribution in [3.63, 3.8) is 0 Å². The summed E-state index contributed by atoms with van der Waals surface area (Å²) in [6.45, 7) is 13.9. The molecule has 1 aromatic carbocycles. The molecule has 0 bridgehead atoms. The fourth-order valence-corrected chi connectivity index (χ4v) is 4.70. The van der Waals surface area contributed by atoms with E-state index in [1.807, 2.05) is 0 Å². The Morgan fingerprint density at radius 3 is 1.88 bits per heavy atom. The van der Waals surface area contributed by atoms with Gasteiger partial charge in [0.25, 0.3) is 0 Å². The zero-order chi connectivity index (χ0) is 12.6. The second kappa shape index (κ2) is 4.65. The van der Waals surface area contributed by atoms with Crippen molar-refractivity contribution in [2.24, 2.45) is 0 Å². The zero-order valence-electron chi connectivity index (χ0n) is 11.3. The molecule has 90 valence electrons. The molecule has 0 aromatic heterocycles. The number of hydrogen-bond acceptors (Lipinski definition) is 0. The largest absolute Gasteiger partial charge is 0.130 e. The van der Waals surface area contributed by atoms with Gasteiger partial charge in [-0.15, -0.1) is 15.3 Å². The van der Waals surface area contributed by atoms with Crippen molar-refractivity contribution in [1.29, 1.82) is 0 Å². The summed E-state index contributed by atoms with van der Waals surface area (Å²) < 4.78 is 0. The van der Waals surface area contributed by atoms with Crippen molar-refractivity contribution in [2.45, 2.75) is 52.4 Å². The van der Waals surface area contributed by atoms with Gasteiger partial charge in [0.2, 0.25) is 0 Å². The van der Waals surface area contributed by atoms with Crippen molar-refractivity contribution >= 4 is 28.6 Å². The molecule has 0 aliphatic rings. The Hall–Kier alpha value is -0.0831. The van der Waals surface area contributed by atoms with Gasteiger partial charge in [0, 0.05) is 0 Å². The molecule has 0 amide bonds. The smallest absolute Gasteiger partial charge is 0.129 e. The Morgan fingerprint density at radius 2 is 1.50 bits per heavy atom. The summed E-state index contributed by atoms with van der Waals surface area (Å²) in [6, 6.07) is 6.79. The van der Waals surface area contributed by atoms with E-state index in [1.165, 1.54) is 5.56 Å². The van der Waals surface area contributed by atoms with E-state index in [4.69, 9.17) is 0 Å². The predicted octanol–water partition coefficient (Wildman–Crippen LogP) is 3.39. The third-order valence-corrected chi connectivity index (χ3v) is 5.54. The summed E-state index contributed by atoms with van der Waals surface area (Å²) >= 11 is 3.74. The topological polar surface area (TPSA) is 0 Å². The Kier molecular flexibility index (Phi) is 4.07. The molecule has 0 atom stereocenters. The van der Waals surface area contributed by atoms with Crippen LogP contribution in [0.1, 0.15) is 52.7 Å². The molecule has 0 spiro atoms. The molecule has 0 heterocycles. The molecule has 2 heteroatoms. The lowest BCUT2D eigenvalue weighted by Gasteiger charge is -2.32. The van der Waals surface area contributed by atoms with Crippen LogP contribution in [0.25, 0.3) is 0 Å². The summed E-state index contributed by atoms with van der Waals surface area (Å²) in [5, 5.41) is 1.56. The molecule has 0 N–H and O–H groups in total. The van der Waals surface area contributed by atoms with Crippen molar-refractivity contribution < 1.29 is 0 Å². The standard InChI is InChI=1S/C14H23BrSi/c1-13(2,3)10-8-7-9-11(16-15)12(10)14(4,5)6/h7-9H,16H2,1-6H3. The molecule has 0 aliphatic heterocycles. The van der Waals surface area contributed by atoms with Crippen LogP contribution in [0.3, 0.4) is 0 Å². The van der Waals surface area contributed by atoms with Crippen LogP contribution in [0.4, 0.5) is 0 Å². The van der Waals surface area contributed by atoms with Gasteiger partial charge in [-0.3, -0.25) is 0 Å². The number of benzene rings is 1. The lowest BCUT2D eigenvalue weighted by molar-refractivity contribution is 0.533. The summed E-state index contributed by atoms with van der Waals surface area (Å²) in [6.07, 6.45) is 0. The monoisotopic (exact) mass is 298 g/mol. The third kappa shape index (κ3) is 2.98. The number of hydrogen-bond donors (Lipinski definition) is 0. The normalized spacial score (nSPS) is 13.7. The molecule has 16 heavy (non-hydrogen) atoms. The molecule has 0 radical (unpaired) electrons. The van der Waals surface area contributed by atoms with Crippen molar-refractivity contribution in [3.05, 3.63) is 29.3 Å². The summed E-state index contributed by atoms with van der Waals surface area (Å²) in [5.41, 5.74) is 3.53. The first-order valence-corrected chi connectivity index (χ1v) is 10.5. The van der Waals surface area contributed by atoms with E-state index < -0.39 is 0 Å². The lowest BCUT2D eigenvalue weighted by Crippen LogP contribution is -2.31. The van der Waals surface area contributed by atoms with Crippen LogP contribution in [0, 0.1) is 0 Å². The van der Waals surface area contributed by atoms with Crippen LogP contribution in [0.5, 0.6) is 0 Å². The Balaban J connectivity index is 3.51. The average molecular weight is 299 g/mol. The zero-order valence-corrected chi connectivity index (χ0v) is 14.3. The molecule has 0 fully saturated rings. The highest BCUT2D eigenvalue weighted by Crippen LogP contribution is 2.32. The molecule has 0 unspecified atom stereocenters. The van der Waals surface area contributed by atoms with Crippen molar-refractivity contribution in [3.8, 4) is 0 Å². The minimum Gasteiger partial charge on any atom is -0.129 e. The molecular formula is C14H23BrSi. The SMILES string of the molecule is CC(C)(C)c1cccc([SiH2]Br)c1C(C)(C)C. The van der Waals surface area contributed by atoms with Gasteiger partial charge in [-0.05, 0) is 27.1 Å². The maximum absolute atomic E-state index is 3.74. The van der Waals surface area contributed by atoms with E-state index >= 15 is 0 Å². The van der Waals surface area contributed by atoms with Gasteiger partial charge in [-0.25, -0.2) is 0 Å². The summed E-state index contributed by atoms with van der Waals surface area (Å²) in [4.78, 5) is 0. The molecule has 0 nitrogen and oxygen atoms in total. The van der Waals surface area contributed by atoms with Crippen LogP contribution in [0.15, 0.2) is 18.2 Å². The van der Waals surface area contributed by atoms with Crippen LogP contribution in [-0.2, 0) is 10.8 Å². The number of halogens is 1. The Bertz CT molecular complexity index is 369. The minimum atomic E-state index is -0.284. The molecule has 0 aliphatic carbocycles. The highest BCUT2D eigenvalue weighted by molar-refractivity contribution is 9.23. The number of rotatable bonds is 1. The summed E-state index contributed by atoms with van der Waals surface area (Å²) in [7, 11) is -0.284. The highest BCUT2D eigenvalue weighted by atomic mass is 79.9. The van der Waals surface area contributed by atoms with E-state index in [0.29, 0.717) is 0 Å². The molecule has 1 aromatic rings. The van der Waals surface area contributed by atoms with Gasteiger partial charge in [0.1, 0.15) is 8.14 Å². The maximum atomic E-state index is 3.74. The minimum absolute atomic E-state index is 0.231. The van der Waals surface area contributed by atoms with Crippen LogP contribution in [-0.4, -0.2) is 8.14 Å². The first kappa shape index (κ1) is 14.0. The van der Waals surface area contributed by atoms with Gasteiger partial charge >= 0.3 is 0 Å². The Labute approximate surface area is 110 Å². The van der Waals surface area contributed by atoms with E-state index in [1.54, 1.807) is 10.8 Å². The first-order valence-electron chi connectivity index (χ1n) is 5.86. The lowest BCUT2D eigenvalue weighted by atomic mass is 9.75. The second-order valence-corrected chi connectivity index (χ2v) is 9.18. The fraction of sp³-hybridized carbons (Fsp3) is 0.571. The van der Waals surface area contributed by atoms with Crippen LogP contribution < -0.4 is 5.19 Å². The highest BCUT2D eigenvalue weighted by Gasteiger charge is 2.26. The van der Waals surface area contributed by atoms with Gasteiger partial charge in [0.15, 0.2) is 0 Å². The fourth-order valence-electron chi connectivity index (χ4n) is 2.22. The van der Waals surface area contributed by atoms with E-state index in [0.717, 1.165) is 0 Å². The molecule has 0 saturated heterocycles. The van der Waals surface area contributed by atoms with Gasteiger partial charge in [0.05, 0.1) is 0 Å². The maximum Gasteiger partial charge on any atom is 0.130 e. The quantitative estimate of drug-likeness (QED) is 0.551. The Morgan fingerprint density at radius 1 is 0.938 bits per heavy atom. The van der Waals surface area contributed by atoms with Crippen molar-refractivity contribution in [2.75, 3.05) is 0 Å². The molecular weight excluding hydrogens is 276 g/mol. The first-order chi connectivity index (χ1) is 7.18. The van der Waals surface area contributed by atoms with E-state index in [-0.39, 0.29) is 19.0 Å². The van der Waals surface area contributed by atoms with Gasteiger partial charge in [-0.1, -0.05) is 59.7 Å². The third-order valence-electron chi connectivity index (χ3n) is 2.85. The average Bonchev–Trinajstić information content (AvgIpc) is 2.13. The van der Waals surface area contributed by atoms with Crippen LogP contribution in [0.2, 0.25) is 0 Å². The molecule has 1 rings (SSSR count). The van der Waals surface area contributed by atoms with Crippen molar-refractivity contribution in [1.82, 2.24) is 0 Å². The van der Waals surface area contributed by atoms with Gasteiger partial charge < -0.3 is 0 Å². The predicted molar refractivity (Wildman–Crippen MR) is 80.9 cm³/mol. The van der Waals surface area contributed by atoms with Crippen LogP contribution >= 0.6 is 15.3 Å².